The Balaban J connectivity index is 2.90. The van der Waals surface area contributed by atoms with Gasteiger partial charge in [0.25, 0.3) is 0 Å². The van der Waals surface area contributed by atoms with Crippen molar-refractivity contribution in [1.82, 2.24) is 0 Å². The van der Waals surface area contributed by atoms with E-state index in [1.54, 1.807) is 6.92 Å². The predicted octanol–water partition coefficient (Wildman–Crippen LogP) is 2.05. The van der Waals surface area contributed by atoms with Gasteiger partial charge in [-0.25, -0.2) is 0 Å². The van der Waals surface area contributed by atoms with E-state index < -0.39 is 5.60 Å². The Kier molecular flexibility index (Phi) is 3.42. The molecule has 0 fully saturated rings. The first-order valence-electron chi connectivity index (χ1n) is 4.85. The molecule has 1 aromatic rings. The summed E-state index contributed by atoms with van der Waals surface area (Å²) in [6.07, 6.45) is 1.86. The van der Waals surface area contributed by atoms with Crippen LogP contribution in [0.15, 0.2) is 24.3 Å². The van der Waals surface area contributed by atoms with Crippen LogP contribution in [0.3, 0.4) is 0 Å². The molecule has 2 nitrogen and oxygen atoms in total. The van der Waals surface area contributed by atoms with E-state index in [-0.39, 0.29) is 6.42 Å². The maximum Gasteiger partial charge on any atom is 0.123 e. The molecule has 0 aliphatic heterocycles. The Hall–Kier alpha value is -1.15. The molecule has 0 saturated heterocycles. The van der Waals surface area contributed by atoms with Gasteiger partial charge < -0.3 is 9.90 Å². The van der Waals surface area contributed by atoms with Crippen LogP contribution in [-0.2, 0) is 16.8 Å². The molecular formula is C12H16O2. The molecule has 0 aromatic heterocycles. The topological polar surface area (TPSA) is 37.3 Å². The maximum atomic E-state index is 10.4. The molecule has 76 valence electrons. The average molecular weight is 192 g/mol. The number of rotatable bonds is 4. The van der Waals surface area contributed by atoms with Crippen molar-refractivity contribution in [2.45, 2.75) is 32.3 Å². The molecule has 0 aliphatic carbocycles. The number of hydrogen-bond acceptors (Lipinski definition) is 2. The van der Waals surface area contributed by atoms with E-state index in [0.717, 1.165) is 18.3 Å². The minimum Gasteiger partial charge on any atom is -0.385 e. The van der Waals surface area contributed by atoms with E-state index >= 15 is 0 Å². The van der Waals surface area contributed by atoms with Crippen molar-refractivity contribution in [2.75, 3.05) is 0 Å². The first-order chi connectivity index (χ1) is 6.60. The first kappa shape index (κ1) is 10.9. The van der Waals surface area contributed by atoms with Crippen molar-refractivity contribution >= 4 is 6.29 Å². The quantitative estimate of drug-likeness (QED) is 0.741. The Labute approximate surface area is 84.6 Å². The monoisotopic (exact) mass is 192 g/mol. The Morgan fingerprint density at radius 3 is 2.36 bits per heavy atom. The van der Waals surface area contributed by atoms with Gasteiger partial charge in [0.15, 0.2) is 0 Å². The molecule has 1 rings (SSSR count). The fraction of sp³-hybridized carbons (Fsp3) is 0.417. The zero-order chi connectivity index (χ0) is 10.6. The molecule has 2 heteroatoms. The summed E-state index contributed by atoms with van der Waals surface area (Å²) in [6, 6.07) is 7.72. The first-order valence-corrected chi connectivity index (χ1v) is 4.85. The molecule has 1 atom stereocenters. The summed E-state index contributed by atoms with van der Waals surface area (Å²) >= 11 is 0. The summed E-state index contributed by atoms with van der Waals surface area (Å²) < 4.78 is 0. The minimum atomic E-state index is -1.03. The van der Waals surface area contributed by atoms with Gasteiger partial charge in [0.2, 0.25) is 0 Å². The molecule has 0 heterocycles. The number of hydrogen-bond donors (Lipinski definition) is 1. The van der Waals surface area contributed by atoms with Crippen molar-refractivity contribution in [3.63, 3.8) is 0 Å². The molecule has 0 bridgehead atoms. The smallest absolute Gasteiger partial charge is 0.123 e. The Morgan fingerprint density at radius 2 is 1.93 bits per heavy atom. The number of aryl methyl sites for hydroxylation is 1. The number of carbonyl (C=O) groups is 1. The third-order valence-electron chi connectivity index (χ3n) is 2.46. The van der Waals surface area contributed by atoms with E-state index in [1.807, 2.05) is 24.3 Å². The van der Waals surface area contributed by atoms with Crippen LogP contribution >= 0.6 is 0 Å². The lowest BCUT2D eigenvalue weighted by Gasteiger charge is -2.21. The number of benzene rings is 1. The van der Waals surface area contributed by atoms with Crippen LogP contribution in [0.4, 0.5) is 0 Å². The summed E-state index contributed by atoms with van der Waals surface area (Å²) in [5, 5.41) is 9.92. The van der Waals surface area contributed by atoms with Gasteiger partial charge in [-0.3, -0.25) is 0 Å². The van der Waals surface area contributed by atoms with E-state index in [4.69, 9.17) is 0 Å². The van der Waals surface area contributed by atoms with Crippen LogP contribution < -0.4 is 0 Å². The molecule has 1 N–H and O–H groups in total. The zero-order valence-corrected chi connectivity index (χ0v) is 8.66. The van der Waals surface area contributed by atoms with Crippen molar-refractivity contribution in [1.29, 1.82) is 0 Å². The van der Waals surface area contributed by atoms with Crippen LogP contribution in [0, 0.1) is 0 Å². The van der Waals surface area contributed by atoms with Crippen molar-refractivity contribution in [2.24, 2.45) is 0 Å². The molecular weight excluding hydrogens is 176 g/mol. The maximum absolute atomic E-state index is 10.4. The Bertz CT molecular complexity index is 299. The second-order valence-corrected chi connectivity index (χ2v) is 3.70. The molecule has 0 aliphatic rings. The minimum absolute atomic E-state index is 0.137. The standard InChI is InChI=1S/C12H16O2/c1-3-10-4-6-11(7-5-10)12(2,14)8-9-13/h4-7,9,14H,3,8H2,1-2H3. The fourth-order valence-corrected chi connectivity index (χ4v) is 1.38. The number of aliphatic hydroxyl groups is 1. The van der Waals surface area contributed by atoms with Gasteiger partial charge >= 0.3 is 0 Å². The van der Waals surface area contributed by atoms with Crippen LogP contribution in [-0.4, -0.2) is 11.4 Å². The Morgan fingerprint density at radius 1 is 1.36 bits per heavy atom. The van der Waals surface area contributed by atoms with Gasteiger partial charge in [-0.15, -0.1) is 0 Å². The van der Waals surface area contributed by atoms with E-state index in [0.29, 0.717) is 0 Å². The summed E-state index contributed by atoms with van der Waals surface area (Å²) in [4.78, 5) is 10.4. The summed E-state index contributed by atoms with van der Waals surface area (Å²) in [7, 11) is 0. The van der Waals surface area contributed by atoms with Gasteiger partial charge in [-0.2, -0.15) is 0 Å². The fourth-order valence-electron chi connectivity index (χ4n) is 1.38. The highest BCUT2D eigenvalue weighted by molar-refractivity contribution is 5.52. The van der Waals surface area contributed by atoms with Gasteiger partial charge in [0.05, 0.1) is 5.60 Å². The van der Waals surface area contributed by atoms with E-state index in [9.17, 15) is 9.90 Å². The lowest BCUT2D eigenvalue weighted by Crippen LogP contribution is -2.21. The highest BCUT2D eigenvalue weighted by Crippen LogP contribution is 2.23. The molecule has 0 saturated carbocycles. The lowest BCUT2D eigenvalue weighted by atomic mass is 9.92. The number of aldehydes is 1. The van der Waals surface area contributed by atoms with E-state index in [1.165, 1.54) is 5.56 Å². The molecule has 0 amide bonds. The molecule has 1 unspecified atom stereocenters. The van der Waals surface area contributed by atoms with Gasteiger partial charge in [0.1, 0.15) is 6.29 Å². The normalized spacial score (nSPS) is 14.8. The zero-order valence-electron chi connectivity index (χ0n) is 8.66. The highest BCUT2D eigenvalue weighted by atomic mass is 16.3. The summed E-state index contributed by atoms with van der Waals surface area (Å²) in [5.74, 6) is 0. The SMILES string of the molecule is CCc1ccc(C(C)(O)CC=O)cc1. The highest BCUT2D eigenvalue weighted by Gasteiger charge is 2.21. The van der Waals surface area contributed by atoms with Gasteiger partial charge in [-0.05, 0) is 24.5 Å². The number of carbonyl (C=O) groups excluding carboxylic acids is 1. The molecule has 1 aromatic carbocycles. The predicted molar refractivity (Wildman–Crippen MR) is 56.1 cm³/mol. The molecule has 14 heavy (non-hydrogen) atoms. The van der Waals surface area contributed by atoms with Crippen LogP contribution in [0.25, 0.3) is 0 Å². The summed E-state index contributed by atoms with van der Waals surface area (Å²) in [5.41, 5.74) is 0.992. The van der Waals surface area contributed by atoms with Crippen LogP contribution in [0.5, 0.6) is 0 Å². The van der Waals surface area contributed by atoms with Crippen molar-refractivity contribution < 1.29 is 9.90 Å². The van der Waals surface area contributed by atoms with Gasteiger partial charge in [-0.1, -0.05) is 31.2 Å². The van der Waals surface area contributed by atoms with E-state index in [2.05, 4.69) is 6.92 Å². The van der Waals surface area contributed by atoms with Crippen molar-refractivity contribution in [3.05, 3.63) is 35.4 Å². The lowest BCUT2D eigenvalue weighted by molar-refractivity contribution is -0.112. The third kappa shape index (κ3) is 2.42. The second kappa shape index (κ2) is 4.38. The van der Waals surface area contributed by atoms with Crippen LogP contribution in [0.1, 0.15) is 31.4 Å². The summed E-state index contributed by atoms with van der Waals surface area (Å²) in [6.45, 7) is 3.74. The van der Waals surface area contributed by atoms with Crippen LogP contribution in [0.2, 0.25) is 0 Å². The largest absolute Gasteiger partial charge is 0.385 e. The average Bonchev–Trinajstić information content (AvgIpc) is 2.18. The third-order valence-corrected chi connectivity index (χ3v) is 2.46. The van der Waals surface area contributed by atoms with Gasteiger partial charge in [0, 0.05) is 6.42 Å². The molecule has 0 spiro atoms. The van der Waals surface area contributed by atoms with Crippen molar-refractivity contribution in [3.8, 4) is 0 Å². The second-order valence-electron chi connectivity index (χ2n) is 3.70. The molecule has 0 radical (unpaired) electrons.